The molecule has 0 N–H and O–H groups in total. The van der Waals surface area contributed by atoms with E-state index < -0.39 is 0 Å². The van der Waals surface area contributed by atoms with Crippen LogP contribution in [0.1, 0.15) is 45.1 Å². The molecule has 0 aliphatic heterocycles. The van der Waals surface area contributed by atoms with Crippen molar-refractivity contribution in [3.8, 4) is 0 Å². The maximum absolute atomic E-state index is 11.7. The Hall–Kier alpha value is -0.830. The molecule has 1 rings (SSSR count). The first kappa shape index (κ1) is 15.2. The van der Waals surface area contributed by atoms with Crippen molar-refractivity contribution in [2.75, 3.05) is 6.61 Å². The van der Waals surface area contributed by atoms with Crippen molar-refractivity contribution >= 4 is 21.9 Å². The first-order valence-electron chi connectivity index (χ1n) is 6.44. The van der Waals surface area contributed by atoms with Crippen LogP contribution < -0.4 is 0 Å². The molecule has 0 bridgehead atoms. The minimum absolute atomic E-state index is 0.101. The van der Waals surface area contributed by atoms with Crippen molar-refractivity contribution in [3.63, 3.8) is 0 Å². The highest BCUT2D eigenvalue weighted by atomic mass is 79.9. The van der Waals surface area contributed by atoms with Crippen LogP contribution in [0.25, 0.3) is 0 Å². The van der Waals surface area contributed by atoms with Crippen LogP contribution in [0.2, 0.25) is 0 Å². The van der Waals surface area contributed by atoms with Gasteiger partial charge in [-0.3, -0.25) is 4.79 Å². The van der Waals surface area contributed by atoms with Gasteiger partial charge in [0.05, 0.1) is 13.0 Å². The van der Waals surface area contributed by atoms with Gasteiger partial charge < -0.3 is 4.74 Å². The molecule has 0 aliphatic rings. The number of hydrogen-bond acceptors (Lipinski definition) is 2. The predicted molar refractivity (Wildman–Crippen MR) is 77.6 cm³/mol. The molecule has 0 heterocycles. The molecule has 0 saturated carbocycles. The second-order valence-corrected chi connectivity index (χ2v) is 5.86. The van der Waals surface area contributed by atoms with Gasteiger partial charge in [0.15, 0.2) is 0 Å². The SMILES string of the molecule is CCC(CC(=O)OCC(C)C)c1cccc(Br)c1. The fraction of sp³-hybridized carbons (Fsp3) is 0.533. The fourth-order valence-corrected chi connectivity index (χ4v) is 2.20. The molecule has 0 radical (unpaired) electrons. The Bertz CT molecular complexity index is 388. The summed E-state index contributed by atoms with van der Waals surface area (Å²) in [6, 6.07) is 8.13. The van der Waals surface area contributed by atoms with Crippen LogP contribution in [0.3, 0.4) is 0 Å². The van der Waals surface area contributed by atoms with E-state index in [9.17, 15) is 4.79 Å². The van der Waals surface area contributed by atoms with Crippen LogP contribution in [0.5, 0.6) is 0 Å². The van der Waals surface area contributed by atoms with Crippen LogP contribution in [-0.4, -0.2) is 12.6 Å². The van der Waals surface area contributed by atoms with Crippen LogP contribution in [-0.2, 0) is 9.53 Å². The van der Waals surface area contributed by atoms with Gasteiger partial charge in [-0.1, -0.05) is 48.8 Å². The Kier molecular flexibility index (Phi) is 6.41. The maximum atomic E-state index is 11.7. The second-order valence-electron chi connectivity index (χ2n) is 4.94. The van der Waals surface area contributed by atoms with Gasteiger partial charge in [0.1, 0.15) is 0 Å². The van der Waals surface area contributed by atoms with E-state index in [4.69, 9.17) is 4.74 Å². The third-order valence-corrected chi connectivity index (χ3v) is 3.30. The minimum Gasteiger partial charge on any atom is -0.465 e. The number of halogens is 1. The van der Waals surface area contributed by atoms with Crippen LogP contribution in [0, 0.1) is 5.92 Å². The summed E-state index contributed by atoms with van der Waals surface area (Å²) in [6.07, 6.45) is 1.40. The Morgan fingerprint density at radius 1 is 1.39 bits per heavy atom. The normalized spacial score (nSPS) is 12.5. The van der Waals surface area contributed by atoms with E-state index in [-0.39, 0.29) is 11.9 Å². The number of esters is 1. The summed E-state index contributed by atoms with van der Waals surface area (Å²) in [4.78, 5) is 11.7. The molecule has 0 fully saturated rings. The van der Waals surface area contributed by atoms with Crippen molar-refractivity contribution in [1.29, 1.82) is 0 Å². The van der Waals surface area contributed by atoms with Crippen LogP contribution >= 0.6 is 15.9 Å². The summed E-state index contributed by atoms with van der Waals surface area (Å²) in [7, 11) is 0. The average Bonchev–Trinajstić information content (AvgIpc) is 2.33. The smallest absolute Gasteiger partial charge is 0.306 e. The number of hydrogen-bond donors (Lipinski definition) is 0. The number of rotatable bonds is 6. The molecule has 1 aromatic rings. The fourth-order valence-electron chi connectivity index (χ4n) is 1.78. The molecule has 18 heavy (non-hydrogen) atoms. The summed E-state index contributed by atoms with van der Waals surface area (Å²) in [5.74, 6) is 0.526. The van der Waals surface area contributed by atoms with E-state index in [1.165, 1.54) is 5.56 Å². The molecule has 1 atom stereocenters. The minimum atomic E-state index is -0.101. The number of carbonyl (C=O) groups is 1. The lowest BCUT2D eigenvalue weighted by Gasteiger charge is -2.15. The molecule has 1 unspecified atom stereocenters. The zero-order valence-corrected chi connectivity index (χ0v) is 12.9. The predicted octanol–water partition coefficient (Wildman–Crippen LogP) is 4.53. The molecule has 0 spiro atoms. The van der Waals surface area contributed by atoms with E-state index >= 15 is 0 Å². The summed E-state index contributed by atoms with van der Waals surface area (Å²) in [6.45, 7) is 6.69. The second kappa shape index (κ2) is 7.57. The van der Waals surface area contributed by atoms with Crippen molar-refractivity contribution in [2.45, 2.75) is 39.5 Å². The van der Waals surface area contributed by atoms with E-state index in [1.807, 2.05) is 26.0 Å². The first-order valence-corrected chi connectivity index (χ1v) is 7.23. The van der Waals surface area contributed by atoms with Crippen LogP contribution in [0.15, 0.2) is 28.7 Å². The van der Waals surface area contributed by atoms with Crippen molar-refractivity contribution in [1.82, 2.24) is 0 Å². The number of ether oxygens (including phenoxy) is 1. The molecule has 0 aliphatic carbocycles. The molecule has 1 aromatic carbocycles. The van der Waals surface area contributed by atoms with Gasteiger partial charge in [-0.2, -0.15) is 0 Å². The zero-order chi connectivity index (χ0) is 13.5. The molecular weight excluding hydrogens is 292 g/mol. The largest absolute Gasteiger partial charge is 0.465 e. The number of carbonyl (C=O) groups excluding carboxylic acids is 1. The lowest BCUT2D eigenvalue weighted by Crippen LogP contribution is -2.13. The molecule has 0 aromatic heterocycles. The Labute approximate surface area is 118 Å². The standard InChI is InChI=1S/C15H21BrO2/c1-4-12(9-15(17)18-10-11(2)3)13-6-5-7-14(16)8-13/h5-8,11-12H,4,9-10H2,1-3H3. The third kappa shape index (κ3) is 5.21. The van der Waals surface area contributed by atoms with Crippen LogP contribution in [0.4, 0.5) is 0 Å². The maximum Gasteiger partial charge on any atom is 0.306 e. The van der Waals surface area contributed by atoms with Gasteiger partial charge in [-0.25, -0.2) is 0 Å². The first-order chi connectivity index (χ1) is 8.52. The highest BCUT2D eigenvalue weighted by molar-refractivity contribution is 9.10. The summed E-state index contributed by atoms with van der Waals surface area (Å²) in [5.41, 5.74) is 1.19. The summed E-state index contributed by atoms with van der Waals surface area (Å²) < 4.78 is 6.29. The lowest BCUT2D eigenvalue weighted by atomic mass is 9.93. The molecule has 100 valence electrons. The van der Waals surface area contributed by atoms with Gasteiger partial charge >= 0.3 is 5.97 Å². The lowest BCUT2D eigenvalue weighted by molar-refractivity contribution is -0.145. The van der Waals surface area contributed by atoms with Crippen molar-refractivity contribution in [2.24, 2.45) is 5.92 Å². The van der Waals surface area contributed by atoms with Gasteiger partial charge in [0, 0.05) is 4.47 Å². The van der Waals surface area contributed by atoms with Crippen molar-refractivity contribution in [3.05, 3.63) is 34.3 Å². The van der Waals surface area contributed by atoms with Gasteiger partial charge in [-0.05, 0) is 36.0 Å². The molecule has 0 amide bonds. The summed E-state index contributed by atoms with van der Waals surface area (Å²) in [5, 5.41) is 0. The molecule has 2 nitrogen and oxygen atoms in total. The van der Waals surface area contributed by atoms with Crippen molar-refractivity contribution < 1.29 is 9.53 Å². The highest BCUT2D eigenvalue weighted by Gasteiger charge is 2.15. The van der Waals surface area contributed by atoms with E-state index in [2.05, 4.69) is 35.0 Å². The topological polar surface area (TPSA) is 26.3 Å². The monoisotopic (exact) mass is 312 g/mol. The zero-order valence-electron chi connectivity index (χ0n) is 11.3. The average molecular weight is 313 g/mol. The highest BCUT2D eigenvalue weighted by Crippen LogP contribution is 2.26. The number of benzene rings is 1. The molecule has 3 heteroatoms. The Morgan fingerprint density at radius 3 is 2.67 bits per heavy atom. The molecule has 0 saturated heterocycles. The molecular formula is C15H21BrO2. The summed E-state index contributed by atoms with van der Waals surface area (Å²) >= 11 is 3.46. The quantitative estimate of drug-likeness (QED) is 0.721. The van der Waals surface area contributed by atoms with E-state index in [0.29, 0.717) is 18.9 Å². The third-order valence-electron chi connectivity index (χ3n) is 2.80. The van der Waals surface area contributed by atoms with Gasteiger partial charge in [-0.15, -0.1) is 0 Å². The Balaban J connectivity index is 2.59. The van der Waals surface area contributed by atoms with E-state index in [1.54, 1.807) is 0 Å². The Morgan fingerprint density at radius 2 is 2.11 bits per heavy atom. The van der Waals surface area contributed by atoms with Gasteiger partial charge in [0.2, 0.25) is 0 Å². The van der Waals surface area contributed by atoms with E-state index in [0.717, 1.165) is 10.9 Å². The van der Waals surface area contributed by atoms with Gasteiger partial charge in [0.25, 0.3) is 0 Å².